The van der Waals surface area contributed by atoms with Crippen molar-refractivity contribution in [3.63, 3.8) is 0 Å². The van der Waals surface area contributed by atoms with Crippen LogP contribution in [0.25, 0.3) is 0 Å². The molecule has 0 aliphatic carbocycles. The van der Waals surface area contributed by atoms with E-state index in [4.69, 9.17) is 4.74 Å². The van der Waals surface area contributed by atoms with Gasteiger partial charge in [0.05, 0.1) is 12.2 Å². The van der Waals surface area contributed by atoms with Crippen molar-refractivity contribution in [2.45, 2.75) is 25.4 Å². The molecular weight excluding hydrogens is 214 g/mol. The molecule has 1 aliphatic rings. The van der Waals surface area contributed by atoms with Crippen LogP contribution in [0.2, 0.25) is 0 Å². The highest BCUT2D eigenvalue weighted by Gasteiger charge is 2.32. The molecule has 1 aliphatic heterocycles. The van der Waals surface area contributed by atoms with Crippen molar-refractivity contribution in [3.05, 3.63) is 29.8 Å². The minimum Gasteiger partial charge on any atom is -0.494 e. The summed E-state index contributed by atoms with van der Waals surface area (Å²) in [5.41, 5.74) is 0.353. The summed E-state index contributed by atoms with van der Waals surface area (Å²) >= 11 is 0. The predicted octanol–water partition coefficient (Wildman–Crippen LogP) is 2.00. The van der Waals surface area contributed by atoms with Crippen molar-refractivity contribution in [1.82, 2.24) is 4.90 Å². The highest BCUT2D eigenvalue weighted by atomic mass is 16.5. The molecule has 1 N–H and O–H groups in total. The van der Waals surface area contributed by atoms with Crippen LogP contribution < -0.4 is 4.74 Å². The summed E-state index contributed by atoms with van der Waals surface area (Å²) in [4.78, 5) is 2.25. The Morgan fingerprint density at radius 2 is 1.82 bits per heavy atom. The van der Waals surface area contributed by atoms with Gasteiger partial charge in [0.1, 0.15) is 5.75 Å². The maximum atomic E-state index is 10.6. The molecule has 0 radical (unpaired) electrons. The summed E-state index contributed by atoms with van der Waals surface area (Å²) in [6, 6.07) is 7.84. The molecule has 1 aromatic carbocycles. The lowest BCUT2D eigenvalue weighted by Gasteiger charge is -2.37. The number of piperidine rings is 1. The van der Waals surface area contributed by atoms with Gasteiger partial charge < -0.3 is 14.7 Å². The summed E-state index contributed by atoms with van der Waals surface area (Å²) in [6.07, 6.45) is 1.61. The number of likely N-dealkylation sites (tertiary alicyclic amines) is 1. The van der Waals surface area contributed by atoms with Crippen molar-refractivity contribution in [2.75, 3.05) is 26.7 Å². The number of hydrogen-bond donors (Lipinski definition) is 1. The predicted molar refractivity (Wildman–Crippen MR) is 68.2 cm³/mol. The second-order valence-corrected chi connectivity index (χ2v) is 4.79. The summed E-state index contributed by atoms with van der Waals surface area (Å²) < 4.78 is 5.41. The first-order valence-corrected chi connectivity index (χ1v) is 6.28. The summed E-state index contributed by atoms with van der Waals surface area (Å²) in [5, 5.41) is 10.6. The van der Waals surface area contributed by atoms with Crippen molar-refractivity contribution >= 4 is 0 Å². The molecule has 0 aromatic heterocycles. The third-order valence-corrected chi connectivity index (χ3v) is 3.52. The van der Waals surface area contributed by atoms with Crippen LogP contribution in [-0.2, 0) is 5.60 Å². The van der Waals surface area contributed by atoms with Crippen molar-refractivity contribution in [3.8, 4) is 5.75 Å². The molecule has 0 bridgehead atoms. The van der Waals surface area contributed by atoms with Gasteiger partial charge in [-0.05, 0) is 44.5 Å². The van der Waals surface area contributed by atoms with E-state index in [1.165, 1.54) is 0 Å². The Morgan fingerprint density at radius 3 is 2.35 bits per heavy atom. The first-order valence-electron chi connectivity index (χ1n) is 6.28. The molecule has 0 saturated carbocycles. The van der Waals surface area contributed by atoms with Gasteiger partial charge in [0.25, 0.3) is 0 Å². The van der Waals surface area contributed by atoms with Gasteiger partial charge in [0.2, 0.25) is 0 Å². The van der Waals surface area contributed by atoms with Gasteiger partial charge in [-0.1, -0.05) is 12.1 Å². The highest BCUT2D eigenvalue weighted by molar-refractivity contribution is 5.31. The van der Waals surface area contributed by atoms with E-state index < -0.39 is 5.60 Å². The second-order valence-electron chi connectivity index (χ2n) is 4.79. The Balaban J connectivity index is 2.10. The second kappa shape index (κ2) is 5.07. The van der Waals surface area contributed by atoms with Gasteiger partial charge >= 0.3 is 0 Å². The van der Waals surface area contributed by atoms with E-state index in [0.29, 0.717) is 6.61 Å². The average molecular weight is 235 g/mol. The van der Waals surface area contributed by atoms with Gasteiger partial charge in [-0.25, -0.2) is 0 Å². The molecule has 3 nitrogen and oxygen atoms in total. The van der Waals surface area contributed by atoms with Gasteiger partial charge in [0, 0.05) is 13.1 Å². The molecule has 17 heavy (non-hydrogen) atoms. The smallest absolute Gasteiger partial charge is 0.119 e. The fourth-order valence-corrected chi connectivity index (χ4v) is 2.31. The quantitative estimate of drug-likeness (QED) is 0.869. The zero-order valence-corrected chi connectivity index (χ0v) is 10.6. The van der Waals surface area contributed by atoms with Crippen molar-refractivity contribution in [1.29, 1.82) is 0 Å². The highest BCUT2D eigenvalue weighted by Crippen LogP contribution is 2.33. The minimum absolute atomic E-state index is 0.656. The molecule has 0 amide bonds. The summed E-state index contributed by atoms with van der Waals surface area (Å²) in [6.45, 7) is 4.54. The van der Waals surface area contributed by atoms with Crippen LogP contribution >= 0.6 is 0 Å². The van der Waals surface area contributed by atoms with E-state index in [2.05, 4.69) is 11.9 Å². The van der Waals surface area contributed by atoms with Crippen LogP contribution in [0.15, 0.2) is 24.3 Å². The number of ether oxygens (including phenoxy) is 1. The van der Waals surface area contributed by atoms with E-state index in [-0.39, 0.29) is 0 Å². The van der Waals surface area contributed by atoms with Gasteiger partial charge in [-0.3, -0.25) is 0 Å². The molecule has 2 rings (SSSR count). The first-order chi connectivity index (χ1) is 8.14. The molecule has 3 heteroatoms. The van der Waals surface area contributed by atoms with Gasteiger partial charge in [0.15, 0.2) is 0 Å². The van der Waals surface area contributed by atoms with Crippen LogP contribution in [0.5, 0.6) is 5.75 Å². The SMILES string of the molecule is CCOc1ccc(C2(O)CCN(C)CC2)cc1. The average Bonchev–Trinajstić information content (AvgIpc) is 2.35. The minimum atomic E-state index is -0.656. The van der Waals surface area contributed by atoms with Crippen LogP contribution in [0.3, 0.4) is 0 Å². The van der Waals surface area contributed by atoms with Gasteiger partial charge in [-0.2, -0.15) is 0 Å². The molecule has 1 fully saturated rings. The van der Waals surface area contributed by atoms with Crippen LogP contribution in [0.4, 0.5) is 0 Å². The van der Waals surface area contributed by atoms with Gasteiger partial charge in [-0.15, -0.1) is 0 Å². The molecule has 1 aromatic rings. The van der Waals surface area contributed by atoms with Crippen molar-refractivity contribution in [2.24, 2.45) is 0 Å². The van der Waals surface area contributed by atoms with E-state index in [1.54, 1.807) is 0 Å². The van der Waals surface area contributed by atoms with E-state index in [1.807, 2.05) is 31.2 Å². The third-order valence-electron chi connectivity index (χ3n) is 3.52. The first kappa shape index (κ1) is 12.4. The molecule has 0 spiro atoms. The number of benzene rings is 1. The Morgan fingerprint density at radius 1 is 1.24 bits per heavy atom. The van der Waals surface area contributed by atoms with E-state index >= 15 is 0 Å². The zero-order chi connectivity index (χ0) is 12.3. The summed E-state index contributed by atoms with van der Waals surface area (Å²) in [7, 11) is 2.10. The molecule has 0 atom stereocenters. The molecule has 1 saturated heterocycles. The Bertz CT molecular complexity index is 353. The fourth-order valence-electron chi connectivity index (χ4n) is 2.31. The van der Waals surface area contributed by atoms with Crippen LogP contribution in [0.1, 0.15) is 25.3 Å². The largest absolute Gasteiger partial charge is 0.494 e. The topological polar surface area (TPSA) is 32.7 Å². The lowest BCUT2D eigenvalue weighted by molar-refractivity contribution is -0.0203. The lowest BCUT2D eigenvalue weighted by Crippen LogP contribution is -2.40. The number of aliphatic hydroxyl groups is 1. The number of nitrogens with zero attached hydrogens (tertiary/aromatic N) is 1. The Hall–Kier alpha value is -1.06. The fraction of sp³-hybridized carbons (Fsp3) is 0.571. The molecule has 1 heterocycles. The monoisotopic (exact) mass is 235 g/mol. The van der Waals surface area contributed by atoms with Crippen LogP contribution in [-0.4, -0.2) is 36.8 Å². The lowest BCUT2D eigenvalue weighted by atomic mass is 9.84. The third kappa shape index (κ3) is 2.79. The molecule has 0 unspecified atom stereocenters. The van der Waals surface area contributed by atoms with Crippen molar-refractivity contribution < 1.29 is 9.84 Å². The number of hydrogen-bond acceptors (Lipinski definition) is 3. The maximum Gasteiger partial charge on any atom is 0.119 e. The summed E-state index contributed by atoms with van der Waals surface area (Å²) in [5.74, 6) is 0.868. The van der Waals surface area contributed by atoms with Crippen LogP contribution in [0, 0.1) is 0 Å². The zero-order valence-electron chi connectivity index (χ0n) is 10.6. The Labute approximate surface area is 103 Å². The standard InChI is InChI=1S/C14H21NO2/c1-3-17-13-6-4-12(5-7-13)14(16)8-10-15(2)11-9-14/h4-7,16H,3,8-11H2,1-2H3. The maximum absolute atomic E-state index is 10.6. The normalized spacial score (nSPS) is 20.2. The molecule has 94 valence electrons. The van der Waals surface area contributed by atoms with E-state index in [0.717, 1.165) is 37.2 Å². The van der Waals surface area contributed by atoms with E-state index in [9.17, 15) is 5.11 Å². The number of rotatable bonds is 3. The Kier molecular flexibility index (Phi) is 3.69. The molecular formula is C14H21NO2.